The first-order valence-electron chi connectivity index (χ1n) is 10.8. The maximum absolute atomic E-state index is 13.6. The Morgan fingerprint density at radius 1 is 1.06 bits per heavy atom. The minimum absolute atomic E-state index is 0.188. The molecule has 0 aliphatic heterocycles. The number of sulfonamides is 1. The molecule has 0 aliphatic rings. The number of nitrogens with zero attached hydrogens (tertiary/aromatic N) is 2. The summed E-state index contributed by atoms with van der Waals surface area (Å²) in [6.07, 6.45) is 1.43. The maximum atomic E-state index is 13.6. The van der Waals surface area contributed by atoms with Gasteiger partial charge in [0.1, 0.15) is 12.6 Å². The lowest BCUT2D eigenvalue weighted by Crippen LogP contribution is -2.52. The van der Waals surface area contributed by atoms with Crippen molar-refractivity contribution in [1.82, 2.24) is 10.2 Å². The van der Waals surface area contributed by atoms with Crippen molar-refractivity contribution < 1.29 is 18.0 Å². The zero-order chi connectivity index (χ0) is 24.8. The number of nitrogens with one attached hydrogen (secondary N) is 1. The number of amides is 2. The molecule has 33 heavy (non-hydrogen) atoms. The number of halogens is 1. The SMILES string of the molecule is CCNC(=O)C(CC)N(Cc1ccccc1C)C(=O)CN(c1ccc(C)c(Cl)c1)S(C)(=O)=O. The second-order valence-electron chi connectivity index (χ2n) is 7.97. The van der Waals surface area contributed by atoms with Gasteiger partial charge in [-0.3, -0.25) is 13.9 Å². The van der Waals surface area contributed by atoms with Gasteiger partial charge >= 0.3 is 0 Å². The molecule has 1 atom stereocenters. The minimum Gasteiger partial charge on any atom is -0.355 e. The number of carbonyl (C=O) groups is 2. The summed E-state index contributed by atoms with van der Waals surface area (Å²) in [7, 11) is -3.79. The molecule has 7 nitrogen and oxygen atoms in total. The van der Waals surface area contributed by atoms with Crippen LogP contribution in [0, 0.1) is 13.8 Å². The van der Waals surface area contributed by atoms with Crippen LogP contribution in [0.5, 0.6) is 0 Å². The number of likely N-dealkylation sites (N-methyl/N-ethyl adjacent to an activating group) is 1. The molecule has 0 aliphatic carbocycles. The average molecular weight is 494 g/mol. The maximum Gasteiger partial charge on any atom is 0.244 e. The predicted molar refractivity (Wildman–Crippen MR) is 133 cm³/mol. The van der Waals surface area contributed by atoms with Crippen molar-refractivity contribution in [1.29, 1.82) is 0 Å². The number of hydrogen-bond donors (Lipinski definition) is 1. The highest BCUT2D eigenvalue weighted by Gasteiger charge is 2.31. The van der Waals surface area contributed by atoms with Gasteiger partial charge in [0.25, 0.3) is 0 Å². The van der Waals surface area contributed by atoms with Gasteiger partial charge in [-0.1, -0.05) is 48.9 Å². The molecule has 0 heterocycles. The summed E-state index contributed by atoms with van der Waals surface area (Å²) < 4.78 is 26.2. The molecule has 0 saturated heterocycles. The van der Waals surface area contributed by atoms with Crippen molar-refractivity contribution in [2.24, 2.45) is 0 Å². The first-order valence-corrected chi connectivity index (χ1v) is 13.1. The largest absolute Gasteiger partial charge is 0.355 e. The Kier molecular flexibility index (Phi) is 9.31. The smallest absolute Gasteiger partial charge is 0.244 e. The molecule has 0 saturated carbocycles. The molecule has 0 aromatic heterocycles. The number of benzene rings is 2. The van der Waals surface area contributed by atoms with E-state index in [1.54, 1.807) is 12.1 Å². The third-order valence-corrected chi connectivity index (χ3v) is 7.01. The summed E-state index contributed by atoms with van der Waals surface area (Å²) in [5, 5.41) is 3.18. The molecule has 2 rings (SSSR count). The van der Waals surface area contributed by atoms with E-state index in [0.717, 1.165) is 27.3 Å². The van der Waals surface area contributed by atoms with E-state index in [0.29, 0.717) is 23.7 Å². The van der Waals surface area contributed by atoms with Crippen LogP contribution in [0.4, 0.5) is 5.69 Å². The van der Waals surface area contributed by atoms with Gasteiger partial charge < -0.3 is 10.2 Å². The van der Waals surface area contributed by atoms with Crippen LogP contribution in [0.2, 0.25) is 5.02 Å². The molecule has 1 unspecified atom stereocenters. The van der Waals surface area contributed by atoms with Crippen LogP contribution in [0.3, 0.4) is 0 Å². The highest BCUT2D eigenvalue weighted by atomic mass is 35.5. The van der Waals surface area contributed by atoms with Gasteiger partial charge in [0.15, 0.2) is 0 Å². The van der Waals surface area contributed by atoms with Crippen molar-refractivity contribution in [3.8, 4) is 0 Å². The van der Waals surface area contributed by atoms with Crippen LogP contribution < -0.4 is 9.62 Å². The van der Waals surface area contributed by atoms with E-state index in [1.807, 2.05) is 52.0 Å². The van der Waals surface area contributed by atoms with Crippen LogP contribution in [-0.2, 0) is 26.2 Å². The van der Waals surface area contributed by atoms with E-state index in [-0.39, 0.29) is 12.5 Å². The quantitative estimate of drug-likeness (QED) is 0.547. The predicted octanol–water partition coefficient (Wildman–Crippen LogP) is 3.67. The zero-order valence-electron chi connectivity index (χ0n) is 19.8. The zero-order valence-corrected chi connectivity index (χ0v) is 21.3. The van der Waals surface area contributed by atoms with E-state index in [2.05, 4.69) is 5.32 Å². The highest BCUT2D eigenvalue weighted by molar-refractivity contribution is 7.92. The summed E-state index contributed by atoms with van der Waals surface area (Å²) in [6.45, 7) is 7.55. The molecule has 0 bridgehead atoms. The summed E-state index contributed by atoms with van der Waals surface area (Å²) >= 11 is 6.21. The fourth-order valence-electron chi connectivity index (χ4n) is 3.53. The van der Waals surface area contributed by atoms with Crippen molar-refractivity contribution in [3.05, 3.63) is 64.2 Å². The second-order valence-corrected chi connectivity index (χ2v) is 10.3. The van der Waals surface area contributed by atoms with Crippen molar-refractivity contribution in [3.63, 3.8) is 0 Å². The van der Waals surface area contributed by atoms with Crippen molar-refractivity contribution in [2.75, 3.05) is 23.7 Å². The topological polar surface area (TPSA) is 86.8 Å². The lowest BCUT2D eigenvalue weighted by atomic mass is 10.1. The van der Waals surface area contributed by atoms with Gasteiger partial charge in [0, 0.05) is 18.1 Å². The lowest BCUT2D eigenvalue weighted by molar-refractivity contribution is -0.140. The molecule has 1 N–H and O–H groups in total. The molecular weight excluding hydrogens is 462 g/mol. The summed E-state index contributed by atoms with van der Waals surface area (Å²) in [5.74, 6) is -0.746. The lowest BCUT2D eigenvalue weighted by Gasteiger charge is -2.33. The average Bonchev–Trinajstić information content (AvgIpc) is 2.74. The molecule has 0 fully saturated rings. The minimum atomic E-state index is -3.79. The third-order valence-electron chi connectivity index (χ3n) is 5.46. The molecule has 2 amide bonds. The number of aryl methyl sites for hydroxylation is 2. The first-order chi connectivity index (χ1) is 15.5. The Morgan fingerprint density at radius 2 is 1.73 bits per heavy atom. The fraction of sp³-hybridized carbons (Fsp3) is 0.417. The molecular formula is C24H32ClN3O4S. The number of rotatable bonds is 10. The molecule has 2 aromatic rings. The van der Waals surface area contributed by atoms with Crippen LogP contribution in [0.1, 0.15) is 37.0 Å². The van der Waals surface area contributed by atoms with Crippen molar-refractivity contribution >= 4 is 39.1 Å². The van der Waals surface area contributed by atoms with E-state index in [4.69, 9.17) is 11.6 Å². The van der Waals surface area contributed by atoms with E-state index in [9.17, 15) is 18.0 Å². The molecule has 0 radical (unpaired) electrons. The van der Waals surface area contributed by atoms with Gasteiger partial charge in [-0.25, -0.2) is 8.42 Å². The monoisotopic (exact) mass is 493 g/mol. The number of anilines is 1. The Labute approximate surface area is 201 Å². The Balaban J connectivity index is 2.47. The van der Waals surface area contributed by atoms with Gasteiger partial charge in [0.2, 0.25) is 21.8 Å². The third kappa shape index (κ3) is 6.95. The van der Waals surface area contributed by atoms with Crippen LogP contribution in [0.15, 0.2) is 42.5 Å². The molecule has 2 aromatic carbocycles. The number of hydrogen-bond acceptors (Lipinski definition) is 4. The van der Waals surface area contributed by atoms with Gasteiger partial charge in [-0.2, -0.15) is 0 Å². The standard InChI is InChI=1S/C24H32ClN3O4S/c1-6-22(24(30)26-7-2)27(15-19-11-9-8-10-17(19)3)23(29)16-28(33(5,31)32)20-13-12-18(4)21(25)14-20/h8-14,22H,6-7,15-16H2,1-5H3,(H,26,30). The molecule has 180 valence electrons. The van der Waals surface area contributed by atoms with Crippen molar-refractivity contribution in [2.45, 2.75) is 46.7 Å². The first kappa shape index (κ1) is 26.7. The van der Waals surface area contributed by atoms with E-state index < -0.39 is 28.5 Å². The fourth-order valence-corrected chi connectivity index (χ4v) is 4.55. The normalized spacial score (nSPS) is 12.2. The second kappa shape index (κ2) is 11.5. The molecule has 9 heteroatoms. The van der Waals surface area contributed by atoms with E-state index >= 15 is 0 Å². The Hall–Kier alpha value is -2.58. The summed E-state index contributed by atoms with van der Waals surface area (Å²) in [4.78, 5) is 27.8. The Morgan fingerprint density at radius 3 is 2.27 bits per heavy atom. The van der Waals surface area contributed by atoms with E-state index in [1.165, 1.54) is 11.0 Å². The molecule has 0 spiro atoms. The summed E-state index contributed by atoms with van der Waals surface area (Å²) in [6, 6.07) is 11.7. The summed E-state index contributed by atoms with van der Waals surface area (Å²) in [5.41, 5.74) is 2.95. The Bertz CT molecular complexity index is 1100. The van der Waals surface area contributed by atoms with Gasteiger partial charge in [-0.05, 0) is 56.0 Å². The van der Waals surface area contributed by atoms with Crippen LogP contribution in [0.25, 0.3) is 0 Å². The number of carbonyl (C=O) groups excluding carboxylic acids is 2. The van der Waals surface area contributed by atoms with Gasteiger partial charge in [0.05, 0.1) is 11.9 Å². The van der Waals surface area contributed by atoms with Crippen LogP contribution >= 0.6 is 11.6 Å². The highest BCUT2D eigenvalue weighted by Crippen LogP contribution is 2.25. The van der Waals surface area contributed by atoms with Gasteiger partial charge in [-0.15, -0.1) is 0 Å². The van der Waals surface area contributed by atoms with Crippen LogP contribution in [-0.4, -0.2) is 50.5 Å².